The first-order chi connectivity index (χ1) is 17.8. The lowest BCUT2D eigenvalue weighted by Crippen LogP contribution is -1.57. The summed E-state index contributed by atoms with van der Waals surface area (Å²) < 4.78 is 4.25. The molecule has 0 rings (SSSR count). The fourth-order valence-electron chi connectivity index (χ4n) is 0. The number of ether oxygens (including phenoxy) is 1. The zero-order valence-corrected chi connectivity index (χ0v) is 29.4. The van der Waals surface area contributed by atoms with Crippen LogP contribution in [0.2, 0.25) is 0 Å². The Labute approximate surface area is 248 Å². The van der Waals surface area contributed by atoms with Gasteiger partial charge in [-0.2, -0.15) is 0 Å². The van der Waals surface area contributed by atoms with Crippen molar-refractivity contribution in [2.45, 2.75) is 34.6 Å². The summed E-state index contributed by atoms with van der Waals surface area (Å²) >= 11 is 0. The van der Waals surface area contributed by atoms with Crippen molar-refractivity contribution in [3.05, 3.63) is 0 Å². The quantitative estimate of drug-likeness (QED) is 0.117. The molecule has 0 amide bonds. The zero-order chi connectivity index (χ0) is 35.4. The Morgan fingerprint density at radius 1 is 0.325 bits per heavy atom. The Morgan fingerprint density at radius 3 is 0.325 bits per heavy atom. The highest BCUT2D eigenvalue weighted by Gasteiger charge is 1.34. The molecule has 0 aliphatic heterocycles. The number of hydrogen-bond acceptors (Lipinski definition) is 15. The average Bonchev–Trinajstić information content (AvgIpc) is 3.08. The molecule has 0 saturated heterocycles. The molecular weight excluding hydrogens is 556 g/mol. The number of rotatable bonds is 0. The van der Waals surface area contributed by atoms with Crippen LogP contribution in [0.4, 0.5) is 0 Å². The van der Waals surface area contributed by atoms with Gasteiger partial charge in [-0.05, 0) is 6.92 Å². The van der Waals surface area contributed by atoms with Crippen LogP contribution in [-0.2, 0) is 4.74 Å². The third kappa shape index (κ3) is 84700. The van der Waals surface area contributed by atoms with E-state index in [1.54, 1.807) is 21.1 Å². The number of aliphatic hydroxyl groups excluding tert-OH is 14. The molecule has 0 aromatic heterocycles. The SMILES string of the molecule is CC.CC.CCO.CO.CO.CO.CO.CO.CO.CO.CO.CO.CO.CO.CO.CO.COC.O.O.O.O.[2H-]. The van der Waals surface area contributed by atoms with Crippen LogP contribution in [0.5, 0.6) is 0 Å². The fraction of sp³-hybridized carbons (Fsp3) is 1.00. The lowest BCUT2D eigenvalue weighted by molar-refractivity contribution is 0.277. The molecular formula is C21H85O19-. The van der Waals surface area contributed by atoms with Gasteiger partial charge >= 0.3 is 0 Å². The van der Waals surface area contributed by atoms with Gasteiger partial charge in [-0.1, -0.05) is 27.7 Å². The Balaban J connectivity index is -0.00000000465. The summed E-state index contributed by atoms with van der Waals surface area (Å²) in [6, 6.07) is 0. The Bertz CT molecular complexity index is 48.7. The van der Waals surface area contributed by atoms with E-state index < -0.39 is 0 Å². The van der Waals surface area contributed by atoms with Gasteiger partial charge in [-0.25, -0.2) is 0 Å². The fourth-order valence-corrected chi connectivity index (χ4v) is 0. The van der Waals surface area contributed by atoms with E-state index in [1.807, 2.05) is 27.7 Å². The Kier molecular flexibility index (Phi) is 149000. The maximum absolute atomic E-state index is 7.57. The Hall–Kier alpha value is -0.760. The van der Waals surface area contributed by atoms with Crippen molar-refractivity contribution in [3.8, 4) is 0 Å². The summed E-state index contributed by atoms with van der Waals surface area (Å²) in [6.07, 6.45) is 0. The minimum atomic E-state index is 0. The molecule has 0 unspecified atom stereocenters. The summed E-state index contributed by atoms with van der Waals surface area (Å²) in [5.74, 6) is 0. The Morgan fingerprint density at radius 2 is 0.325 bits per heavy atom. The van der Waals surface area contributed by atoms with Crippen LogP contribution in [-0.4, -0.2) is 207 Å². The molecule has 0 bridgehead atoms. The van der Waals surface area contributed by atoms with E-state index in [-0.39, 0.29) is 29.9 Å². The maximum atomic E-state index is 7.57. The van der Waals surface area contributed by atoms with Crippen molar-refractivity contribution in [2.24, 2.45) is 0 Å². The molecule has 0 aliphatic carbocycles. The van der Waals surface area contributed by atoms with Crippen LogP contribution in [0.1, 0.15) is 36.0 Å². The summed E-state index contributed by atoms with van der Waals surface area (Å²) in [5.41, 5.74) is 0. The van der Waals surface area contributed by atoms with Gasteiger partial charge < -0.3 is 99.6 Å². The maximum Gasteiger partial charge on any atom is 0.0402 e. The predicted molar refractivity (Wildman–Crippen MR) is 170 cm³/mol. The molecule has 40 heavy (non-hydrogen) atoms. The van der Waals surface area contributed by atoms with Gasteiger partial charge in [-0.3, -0.25) is 0 Å². The summed E-state index contributed by atoms with van der Waals surface area (Å²) in [4.78, 5) is 0. The van der Waals surface area contributed by atoms with Gasteiger partial charge in [-0.15, -0.1) is 0 Å². The lowest BCUT2D eigenvalue weighted by Gasteiger charge is -1.61. The summed E-state index contributed by atoms with van der Waals surface area (Å²) in [5, 5.41) is 98.6. The second kappa shape index (κ2) is 34500. The number of hydrogen-bond donors (Lipinski definition) is 14. The van der Waals surface area contributed by atoms with Crippen LogP contribution in [0, 0.1) is 0 Å². The van der Waals surface area contributed by atoms with E-state index in [0.717, 1.165) is 92.4 Å². The molecule has 0 aromatic carbocycles. The van der Waals surface area contributed by atoms with Gasteiger partial charge in [0.05, 0.1) is 0 Å². The van der Waals surface area contributed by atoms with Crippen molar-refractivity contribution in [3.63, 3.8) is 0 Å². The molecule has 22 N–H and O–H groups in total. The van der Waals surface area contributed by atoms with Crippen molar-refractivity contribution in [1.82, 2.24) is 0 Å². The highest BCUT2D eigenvalue weighted by molar-refractivity contribution is 3.84. The molecule has 19 nitrogen and oxygen atoms in total. The first kappa shape index (κ1) is 172. The molecule has 0 aliphatic rings. The first-order valence-corrected chi connectivity index (χ1v) is 9.65. The molecule has 0 aromatic rings. The second-order valence-corrected chi connectivity index (χ2v) is 0.724. The van der Waals surface area contributed by atoms with Gasteiger partial charge in [0.15, 0.2) is 0 Å². The normalized spacial score (nSPS) is 3.15. The minimum absolute atomic E-state index is 0. The van der Waals surface area contributed by atoms with E-state index in [0.29, 0.717) is 0 Å². The summed E-state index contributed by atoms with van der Waals surface area (Å²) in [6.45, 7) is 9.93. The second-order valence-electron chi connectivity index (χ2n) is 0.724. The first-order valence-electron chi connectivity index (χ1n) is 9.65. The van der Waals surface area contributed by atoms with Gasteiger partial charge in [0.25, 0.3) is 0 Å². The standard InChI is InChI=1S/2C2H6O.2C2H6.13CH4O.4H2O.H/c1-3-2;1-2-3;15*1-2;;;;;/h1-2H3;3H,2H2,1H3;2*1-2H3;13*2H,1H3;4*1H2;/q;;;;;;;;;;;;;;;;;;;;;-1/i;;;;;;;;;;;;;;;;;;;;;1+1. The van der Waals surface area contributed by atoms with Crippen LogP contribution >= 0.6 is 0 Å². The van der Waals surface area contributed by atoms with E-state index in [9.17, 15) is 0 Å². The molecule has 0 saturated carbocycles. The van der Waals surface area contributed by atoms with Crippen molar-refractivity contribution in [2.75, 3.05) is 113 Å². The van der Waals surface area contributed by atoms with Crippen molar-refractivity contribution < 1.29 is 99.6 Å². The van der Waals surface area contributed by atoms with Gasteiger partial charge in [0.2, 0.25) is 0 Å². The number of aliphatic hydroxyl groups is 14. The van der Waals surface area contributed by atoms with E-state index >= 15 is 0 Å². The molecule has 284 valence electrons. The highest BCUT2D eigenvalue weighted by Crippen LogP contribution is 1.30. The van der Waals surface area contributed by atoms with E-state index in [2.05, 4.69) is 4.74 Å². The van der Waals surface area contributed by atoms with Gasteiger partial charge in [0.1, 0.15) is 0 Å². The van der Waals surface area contributed by atoms with Crippen LogP contribution in [0.15, 0.2) is 0 Å². The van der Waals surface area contributed by atoms with Crippen molar-refractivity contribution >= 4 is 0 Å². The number of methoxy groups -OCH3 is 1. The van der Waals surface area contributed by atoms with Crippen molar-refractivity contribution in [1.29, 1.82) is 0 Å². The predicted octanol–water partition coefficient (Wildman–Crippen LogP) is -5.96. The molecule has 0 atom stereocenters. The topological polar surface area (TPSA) is 418 Å². The monoisotopic (exact) mass is 643 g/mol. The van der Waals surface area contributed by atoms with Gasteiger partial charge in [0, 0.05) is 113 Å². The third-order valence-corrected chi connectivity index (χ3v) is 0. The minimum Gasteiger partial charge on any atom is -1.00 e. The van der Waals surface area contributed by atoms with Crippen LogP contribution in [0.25, 0.3) is 0 Å². The average molecular weight is 643 g/mol. The summed E-state index contributed by atoms with van der Waals surface area (Å²) in [7, 11) is 16.2. The largest absolute Gasteiger partial charge is 1.00 e. The van der Waals surface area contributed by atoms with E-state index in [1.165, 1.54) is 0 Å². The molecule has 0 spiro atoms. The van der Waals surface area contributed by atoms with Crippen LogP contribution < -0.4 is 0 Å². The lowest BCUT2D eigenvalue weighted by atomic mass is 10.9. The van der Waals surface area contributed by atoms with E-state index in [4.69, 9.17) is 71.5 Å². The highest BCUT2D eigenvalue weighted by atomic mass is 16.4. The smallest absolute Gasteiger partial charge is 0.0402 e. The molecule has 0 radical (unpaired) electrons. The third-order valence-electron chi connectivity index (χ3n) is 0. The molecule has 0 heterocycles. The molecule has 19 heteroatoms. The van der Waals surface area contributed by atoms with Crippen LogP contribution in [0.3, 0.4) is 0 Å². The zero-order valence-electron chi connectivity index (χ0n) is 30.4. The molecule has 0 fully saturated rings.